The van der Waals surface area contributed by atoms with Crippen molar-refractivity contribution in [2.45, 2.75) is 6.54 Å². The third-order valence-electron chi connectivity index (χ3n) is 2.33. The highest BCUT2D eigenvalue weighted by Gasteiger charge is 1.99. The number of rotatable bonds is 4. The minimum Gasteiger partial charge on any atom is -0.361 e. The minimum absolute atomic E-state index is 0.278. The molecule has 0 aliphatic rings. The molecule has 0 spiro atoms. The second kappa shape index (κ2) is 6.49. The molecule has 2 aromatic rings. The first-order valence-electron chi connectivity index (χ1n) is 5.62. The third-order valence-corrected chi connectivity index (χ3v) is 2.77. The Hall–Kier alpha value is -1.66. The fraction of sp³-hybridized carbons (Fsp3) is 0.167. The summed E-state index contributed by atoms with van der Waals surface area (Å²) in [6.45, 7) is 1.27. The lowest BCUT2D eigenvalue weighted by molar-refractivity contribution is 0.604. The van der Waals surface area contributed by atoms with Gasteiger partial charge in [-0.25, -0.2) is 4.39 Å². The van der Waals surface area contributed by atoms with Crippen LogP contribution in [0.1, 0.15) is 0 Å². The fourth-order valence-electron chi connectivity index (χ4n) is 1.45. The first-order valence-corrected chi connectivity index (χ1v) is 6.40. The number of nitrogens with zero attached hydrogens (tertiary/aromatic N) is 2. The maximum atomic E-state index is 12.7. The molecule has 1 heterocycles. The van der Waals surface area contributed by atoms with Crippen LogP contribution in [0.2, 0.25) is 5.02 Å². The summed E-state index contributed by atoms with van der Waals surface area (Å²) in [5, 5.41) is 11.1. The molecule has 0 aliphatic heterocycles. The molecule has 2 rings (SSSR count). The number of halogens is 2. The van der Waals surface area contributed by atoms with Crippen LogP contribution in [0, 0.1) is 5.82 Å². The van der Waals surface area contributed by atoms with Gasteiger partial charge in [0.05, 0.1) is 17.8 Å². The normalized spacial score (nSPS) is 10.2. The third kappa shape index (κ3) is 4.50. The molecule has 0 unspecified atom stereocenters. The highest BCUT2D eigenvalue weighted by molar-refractivity contribution is 7.80. The lowest BCUT2D eigenvalue weighted by Crippen LogP contribution is -2.31. The summed E-state index contributed by atoms with van der Waals surface area (Å²) in [6.07, 6.45) is 3.32. The molecule has 0 aliphatic carbocycles. The Bertz CT molecular complexity index is 555. The van der Waals surface area contributed by atoms with E-state index in [1.165, 1.54) is 12.1 Å². The number of hydrogen-bond donors (Lipinski definition) is 2. The number of benzene rings is 1. The van der Waals surface area contributed by atoms with Crippen molar-refractivity contribution < 1.29 is 4.39 Å². The van der Waals surface area contributed by atoms with E-state index in [1.807, 2.05) is 0 Å². The van der Waals surface area contributed by atoms with Crippen LogP contribution >= 0.6 is 23.8 Å². The second-order valence-electron chi connectivity index (χ2n) is 3.81. The van der Waals surface area contributed by atoms with E-state index in [9.17, 15) is 4.39 Å². The number of anilines is 1. The summed E-state index contributed by atoms with van der Waals surface area (Å²) in [5.41, 5.74) is 0.737. The average molecular weight is 299 g/mol. The van der Waals surface area contributed by atoms with Crippen LogP contribution in [0.4, 0.5) is 10.1 Å². The van der Waals surface area contributed by atoms with E-state index in [-0.39, 0.29) is 5.82 Å². The molecule has 0 amide bonds. The molecule has 0 radical (unpaired) electrons. The summed E-state index contributed by atoms with van der Waals surface area (Å²) in [4.78, 5) is 0. The summed E-state index contributed by atoms with van der Waals surface area (Å²) in [5.74, 6) is -0.278. The van der Waals surface area contributed by atoms with Crippen LogP contribution in [0.5, 0.6) is 0 Å². The van der Waals surface area contributed by atoms with E-state index in [4.69, 9.17) is 23.8 Å². The van der Waals surface area contributed by atoms with Crippen LogP contribution in [0.25, 0.3) is 0 Å². The van der Waals surface area contributed by atoms with Crippen molar-refractivity contribution in [1.29, 1.82) is 0 Å². The lowest BCUT2D eigenvalue weighted by atomic mass is 10.3. The van der Waals surface area contributed by atoms with Gasteiger partial charge in [-0.05, 0) is 36.5 Å². The van der Waals surface area contributed by atoms with E-state index >= 15 is 0 Å². The zero-order valence-corrected chi connectivity index (χ0v) is 11.5. The van der Waals surface area contributed by atoms with E-state index in [0.717, 1.165) is 5.69 Å². The largest absolute Gasteiger partial charge is 0.361 e. The lowest BCUT2D eigenvalue weighted by Gasteiger charge is -2.10. The van der Waals surface area contributed by atoms with Crippen LogP contribution in [-0.4, -0.2) is 21.4 Å². The van der Waals surface area contributed by atoms with Crippen LogP contribution in [0.15, 0.2) is 36.7 Å². The number of nitrogens with one attached hydrogen (secondary N) is 2. The van der Waals surface area contributed by atoms with Crippen molar-refractivity contribution in [3.63, 3.8) is 0 Å². The molecule has 0 saturated carbocycles. The zero-order chi connectivity index (χ0) is 13.7. The van der Waals surface area contributed by atoms with Gasteiger partial charge in [0.1, 0.15) is 5.82 Å². The molecular weight excluding hydrogens is 287 g/mol. The first kappa shape index (κ1) is 13.8. The van der Waals surface area contributed by atoms with Gasteiger partial charge in [-0.15, -0.1) is 0 Å². The molecule has 1 aromatic heterocycles. The predicted molar refractivity (Wildman–Crippen MR) is 77.9 cm³/mol. The molecule has 1 aromatic carbocycles. The number of hydrogen-bond acceptors (Lipinski definition) is 2. The van der Waals surface area contributed by atoms with E-state index < -0.39 is 0 Å². The Morgan fingerprint density at radius 1 is 1.37 bits per heavy atom. The first-order chi connectivity index (χ1) is 9.13. The Morgan fingerprint density at radius 3 is 2.74 bits per heavy atom. The SMILES string of the molecule is Fc1ccc(NC(=S)NCCn2cc(Cl)cn2)cc1. The van der Waals surface area contributed by atoms with Gasteiger partial charge >= 0.3 is 0 Å². The van der Waals surface area contributed by atoms with Crippen molar-refractivity contribution in [1.82, 2.24) is 15.1 Å². The van der Waals surface area contributed by atoms with Crippen molar-refractivity contribution in [2.24, 2.45) is 0 Å². The fourth-order valence-corrected chi connectivity index (χ4v) is 1.83. The van der Waals surface area contributed by atoms with Gasteiger partial charge in [0, 0.05) is 18.4 Å². The molecule has 0 saturated heterocycles. The van der Waals surface area contributed by atoms with Gasteiger partial charge in [0.2, 0.25) is 0 Å². The van der Waals surface area contributed by atoms with Gasteiger partial charge < -0.3 is 10.6 Å². The molecule has 4 nitrogen and oxygen atoms in total. The molecule has 2 N–H and O–H groups in total. The van der Waals surface area contributed by atoms with Crippen LogP contribution < -0.4 is 10.6 Å². The molecule has 19 heavy (non-hydrogen) atoms. The van der Waals surface area contributed by atoms with Crippen molar-refractivity contribution in [2.75, 3.05) is 11.9 Å². The topological polar surface area (TPSA) is 41.9 Å². The highest BCUT2D eigenvalue weighted by Crippen LogP contribution is 2.07. The van der Waals surface area contributed by atoms with Gasteiger partial charge in [-0.1, -0.05) is 11.6 Å². The van der Waals surface area contributed by atoms with Crippen LogP contribution in [0.3, 0.4) is 0 Å². The maximum absolute atomic E-state index is 12.7. The molecule has 100 valence electrons. The summed E-state index contributed by atoms with van der Waals surface area (Å²) < 4.78 is 14.4. The van der Waals surface area contributed by atoms with Gasteiger partial charge in [-0.3, -0.25) is 4.68 Å². The van der Waals surface area contributed by atoms with Crippen molar-refractivity contribution in [3.05, 3.63) is 47.5 Å². The smallest absolute Gasteiger partial charge is 0.170 e. The molecular formula is C12H12ClFN4S. The van der Waals surface area contributed by atoms with E-state index in [2.05, 4.69) is 15.7 Å². The van der Waals surface area contributed by atoms with Gasteiger partial charge in [0.25, 0.3) is 0 Å². The Balaban J connectivity index is 1.74. The predicted octanol–water partition coefficient (Wildman–Crippen LogP) is 2.66. The molecule has 0 fully saturated rings. The minimum atomic E-state index is -0.278. The quantitative estimate of drug-likeness (QED) is 0.852. The van der Waals surface area contributed by atoms with Crippen molar-refractivity contribution >= 4 is 34.6 Å². The summed E-state index contributed by atoms with van der Waals surface area (Å²) in [7, 11) is 0. The molecule has 0 bridgehead atoms. The average Bonchev–Trinajstić information content (AvgIpc) is 2.78. The van der Waals surface area contributed by atoms with Gasteiger partial charge in [0.15, 0.2) is 5.11 Å². The summed E-state index contributed by atoms with van der Waals surface area (Å²) >= 11 is 10.9. The Morgan fingerprint density at radius 2 is 2.11 bits per heavy atom. The summed E-state index contributed by atoms with van der Waals surface area (Å²) in [6, 6.07) is 5.99. The standard InChI is InChI=1S/C12H12ClFN4S/c13-9-7-16-18(8-9)6-5-15-12(19)17-11-3-1-10(14)2-4-11/h1-4,7-8H,5-6H2,(H2,15,17,19). The van der Waals surface area contributed by atoms with Crippen molar-refractivity contribution in [3.8, 4) is 0 Å². The number of thiocarbonyl (C=S) groups is 1. The van der Waals surface area contributed by atoms with E-state index in [0.29, 0.717) is 23.2 Å². The maximum Gasteiger partial charge on any atom is 0.170 e. The molecule has 7 heteroatoms. The molecule has 0 atom stereocenters. The van der Waals surface area contributed by atoms with E-state index in [1.54, 1.807) is 29.2 Å². The highest BCUT2D eigenvalue weighted by atomic mass is 35.5. The van der Waals surface area contributed by atoms with Gasteiger partial charge in [-0.2, -0.15) is 5.10 Å². The Labute approximate surface area is 120 Å². The number of aromatic nitrogens is 2. The zero-order valence-electron chi connectivity index (χ0n) is 9.94. The van der Waals surface area contributed by atoms with Crippen LogP contribution in [-0.2, 0) is 6.54 Å². The second-order valence-corrected chi connectivity index (χ2v) is 4.65. The monoisotopic (exact) mass is 298 g/mol. The Kier molecular flexibility index (Phi) is 4.70.